The Hall–Kier alpha value is -2.94. The first-order valence-corrected chi connectivity index (χ1v) is 9.90. The summed E-state index contributed by atoms with van der Waals surface area (Å²) in [6.07, 6.45) is -3.84. The van der Waals surface area contributed by atoms with Gasteiger partial charge in [-0.1, -0.05) is 65.8 Å². The van der Waals surface area contributed by atoms with Crippen molar-refractivity contribution >= 4 is 5.97 Å². The minimum atomic E-state index is -1.44. The van der Waals surface area contributed by atoms with E-state index >= 15 is 0 Å². The van der Waals surface area contributed by atoms with Gasteiger partial charge in [-0.25, -0.2) is 0 Å². The first-order valence-electron chi connectivity index (χ1n) is 9.90. The molecule has 1 fully saturated rings. The molecule has 2 aromatic rings. The maximum absolute atomic E-state index is 11.3. The Bertz CT molecular complexity index is 875. The molecule has 1 saturated heterocycles. The van der Waals surface area contributed by atoms with Crippen molar-refractivity contribution in [1.29, 1.82) is 0 Å². The molecule has 31 heavy (non-hydrogen) atoms. The maximum atomic E-state index is 11.3. The number of ether oxygens (including phenoxy) is 4. The van der Waals surface area contributed by atoms with E-state index in [9.17, 15) is 9.90 Å². The van der Waals surface area contributed by atoms with Gasteiger partial charge >= 0.3 is 5.97 Å². The van der Waals surface area contributed by atoms with Crippen LogP contribution in [0.1, 0.15) is 18.1 Å². The number of azide groups is 1. The van der Waals surface area contributed by atoms with Gasteiger partial charge in [-0.15, -0.1) is 0 Å². The Morgan fingerprint density at radius 1 is 1.03 bits per heavy atom. The molecule has 0 bridgehead atoms. The molecule has 0 radical (unpaired) electrons. The highest BCUT2D eigenvalue weighted by molar-refractivity contribution is 5.65. The second kappa shape index (κ2) is 11.5. The Kier molecular flexibility index (Phi) is 8.40. The number of nitrogens with zero attached hydrogens (tertiary/aromatic N) is 3. The van der Waals surface area contributed by atoms with Crippen molar-refractivity contribution in [2.24, 2.45) is 5.11 Å². The standard InChI is InChI=1S/C22H25N3O6/c1-15(26)28-14-18-20(29-12-16-8-4-2-5-9-16)21(19(24-25-23)22(27)31-18)30-13-17-10-6-3-7-11-17/h2-11,18-22,27H,12-14H2,1H3/t18-,19-,20-,21-,22-/m1/s1. The lowest BCUT2D eigenvalue weighted by atomic mass is 9.96. The molecule has 9 nitrogen and oxygen atoms in total. The first kappa shape index (κ1) is 22.7. The zero-order valence-electron chi connectivity index (χ0n) is 17.1. The average Bonchev–Trinajstić information content (AvgIpc) is 2.78. The third kappa shape index (κ3) is 6.52. The van der Waals surface area contributed by atoms with Gasteiger partial charge in [0.05, 0.1) is 13.2 Å². The summed E-state index contributed by atoms with van der Waals surface area (Å²) in [5, 5.41) is 14.1. The highest BCUT2D eigenvalue weighted by atomic mass is 16.7. The van der Waals surface area contributed by atoms with Gasteiger partial charge in [0.1, 0.15) is 31.0 Å². The molecular weight excluding hydrogens is 402 g/mol. The molecule has 5 atom stereocenters. The van der Waals surface area contributed by atoms with E-state index < -0.39 is 36.6 Å². The zero-order chi connectivity index (χ0) is 22.1. The molecule has 0 amide bonds. The van der Waals surface area contributed by atoms with Gasteiger partial charge in [0, 0.05) is 11.8 Å². The average molecular weight is 427 g/mol. The van der Waals surface area contributed by atoms with Gasteiger partial charge in [0.15, 0.2) is 6.29 Å². The minimum absolute atomic E-state index is 0.139. The van der Waals surface area contributed by atoms with E-state index in [0.717, 1.165) is 11.1 Å². The summed E-state index contributed by atoms with van der Waals surface area (Å²) in [4.78, 5) is 14.2. The van der Waals surface area contributed by atoms with E-state index in [1.807, 2.05) is 60.7 Å². The highest BCUT2D eigenvalue weighted by Crippen LogP contribution is 2.29. The molecule has 1 aliphatic rings. The van der Waals surface area contributed by atoms with Crippen LogP contribution in [0, 0.1) is 0 Å². The molecular formula is C22H25N3O6. The lowest BCUT2D eigenvalue weighted by Crippen LogP contribution is -2.59. The van der Waals surface area contributed by atoms with E-state index in [1.165, 1.54) is 6.92 Å². The summed E-state index contributed by atoms with van der Waals surface area (Å²) < 4.78 is 22.9. The number of aliphatic hydroxyl groups is 1. The summed E-state index contributed by atoms with van der Waals surface area (Å²) in [6.45, 7) is 1.59. The summed E-state index contributed by atoms with van der Waals surface area (Å²) in [6, 6.07) is 17.9. The summed E-state index contributed by atoms with van der Waals surface area (Å²) in [7, 11) is 0. The highest BCUT2D eigenvalue weighted by Gasteiger charge is 2.47. The van der Waals surface area contributed by atoms with Crippen molar-refractivity contribution in [2.45, 2.75) is 50.8 Å². The summed E-state index contributed by atoms with van der Waals surface area (Å²) in [5.74, 6) is -0.487. The van der Waals surface area contributed by atoms with Crippen molar-refractivity contribution in [3.05, 3.63) is 82.2 Å². The van der Waals surface area contributed by atoms with Crippen LogP contribution >= 0.6 is 0 Å². The van der Waals surface area contributed by atoms with Gasteiger partial charge in [-0.2, -0.15) is 0 Å². The number of hydrogen-bond donors (Lipinski definition) is 1. The fourth-order valence-electron chi connectivity index (χ4n) is 3.35. The number of benzene rings is 2. The van der Waals surface area contributed by atoms with Crippen LogP contribution in [0.4, 0.5) is 0 Å². The zero-order valence-corrected chi connectivity index (χ0v) is 17.1. The van der Waals surface area contributed by atoms with E-state index in [4.69, 9.17) is 24.5 Å². The molecule has 2 aromatic carbocycles. The molecule has 0 saturated carbocycles. The predicted octanol–water partition coefficient (Wildman–Crippen LogP) is 3.12. The fourth-order valence-corrected chi connectivity index (χ4v) is 3.35. The van der Waals surface area contributed by atoms with Crippen LogP contribution in [0.3, 0.4) is 0 Å². The number of carbonyl (C=O) groups excluding carboxylic acids is 1. The predicted molar refractivity (Wildman–Crippen MR) is 110 cm³/mol. The van der Waals surface area contributed by atoms with Crippen molar-refractivity contribution in [2.75, 3.05) is 6.61 Å². The van der Waals surface area contributed by atoms with Gasteiger partial charge in [0.25, 0.3) is 0 Å². The molecule has 3 rings (SSSR count). The van der Waals surface area contributed by atoms with Crippen molar-refractivity contribution in [1.82, 2.24) is 0 Å². The first-order chi connectivity index (χ1) is 15.1. The van der Waals surface area contributed by atoms with Gasteiger partial charge in [-0.3, -0.25) is 4.79 Å². The topological polar surface area (TPSA) is 123 Å². The SMILES string of the molecule is CC(=O)OC[C@H]1O[C@@H](O)[C@H](N=[N+]=[N-])[C@@H](OCc2ccccc2)[C@@H]1OCc1ccccc1. The summed E-state index contributed by atoms with van der Waals surface area (Å²) in [5.41, 5.74) is 10.8. The summed E-state index contributed by atoms with van der Waals surface area (Å²) >= 11 is 0. The monoisotopic (exact) mass is 427 g/mol. The molecule has 9 heteroatoms. The molecule has 1 aliphatic heterocycles. The van der Waals surface area contributed by atoms with Crippen LogP contribution in [0.5, 0.6) is 0 Å². The smallest absolute Gasteiger partial charge is 0.302 e. The normalized spacial score (nSPS) is 25.4. The van der Waals surface area contributed by atoms with E-state index in [-0.39, 0.29) is 19.8 Å². The van der Waals surface area contributed by atoms with E-state index in [1.54, 1.807) is 0 Å². The van der Waals surface area contributed by atoms with E-state index in [0.29, 0.717) is 0 Å². The molecule has 164 valence electrons. The lowest BCUT2D eigenvalue weighted by molar-refractivity contribution is -0.271. The number of hydrogen-bond acceptors (Lipinski definition) is 7. The maximum Gasteiger partial charge on any atom is 0.302 e. The van der Waals surface area contributed by atoms with Crippen LogP contribution in [-0.4, -0.2) is 48.3 Å². The van der Waals surface area contributed by atoms with E-state index in [2.05, 4.69) is 10.0 Å². The quantitative estimate of drug-likeness (QED) is 0.284. The second-order valence-corrected chi connectivity index (χ2v) is 7.09. The number of rotatable bonds is 9. The molecule has 1 N–H and O–H groups in total. The molecule has 1 heterocycles. The minimum Gasteiger partial charge on any atom is -0.463 e. The van der Waals surface area contributed by atoms with Gasteiger partial charge in [-0.05, 0) is 16.7 Å². The molecule has 0 aliphatic carbocycles. The van der Waals surface area contributed by atoms with Gasteiger partial charge in [0.2, 0.25) is 0 Å². The Balaban J connectivity index is 1.83. The van der Waals surface area contributed by atoms with Crippen LogP contribution in [0.15, 0.2) is 65.8 Å². The lowest BCUT2D eigenvalue weighted by Gasteiger charge is -2.43. The second-order valence-electron chi connectivity index (χ2n) is 7.09. The fraction of sp³-hybridized carbons (Fsp3) is 0.409. The number of esters is 1. The Labute approximate surface area is 180 Å². The molecule has 0 aromatic heterocycles. The van der Waals surface area contributed by atoms with Crippen molar-refractivity contribution < 1.29 is 28.8 Å². The van der Waals surface area contributed by atoms with Crippen LogP contribution in [0.2, 0.25) is 0 Å². The van der Waals surface area contributed by atoms with Crippen LogP contribution in [-0.2, 0) is 37.0 Å². The molecule has 0 unspecified atom stereocenters. The molecule has 0 spiro atoms. The van der Waals surface area contributed by atoms with Gasteiger partial charge < -0.3 is 24.1 Å². The van der Waals surface area contributed by atoms with Crippen LogP contribution in [0.25, 0.3) is 10.4 Å². The van der Waals surface area contributed by atoms with Crippen molar-refractivity contribution in [3.63, 3.8) is 0 Å². The third-order valence-electron chi connectivity index (χ3n) is 4.84. The largest absolute Gasteiger partial charge is 0.463 e. The third-order valence-corrected chi connectivity index (χ3v) is 4.84. The number of carbonyl (C=O) groups is 1. The number of aliphatic hydroxyl groups excluding tert-OH is 1. The van der Waals surface area contributed by atoms with Crippen molar-refractivity contribution in [3.8, 4) is 0 Å². The van der Waals surface area contributed by atoms with Crippen LogP contribution < -0.4 is 0 Å². The Morgan fingerprint density at radius 2 is 1.58 bits per heavy atom. The Morgan fingerprint density at radius 3 is 2.10 bits per heavy atom.